The van der Waals surface area contributed by atoms with Gasteiger partial charge in [-0.3, -0.25) is 0 Å². The molecule has 0 aromatic heterocycles. The minimum atomic E-state index is 0. The zero-order valence-corrected chi connectivity index (χ0v) is 16.9. The fourth-order valence-electron chi connectivity index (χ4n) is 2.61. The van der Waals surface area contributed by atoms with Crippen molar-refractivity contribution in [3.8, 4) is 0 Å². The van der Waals surface area contributed by atoms with E-state index in [0.29, 0.717) is 0 Å². The van der Waals surface area contributed by atoms with Crippen LogP contribution < -0.4 is 0 Å². The molecule has 0 aliphatic rings. The molecular weight excluding hydrogens is 355 g/mol. The molecule has 0 aliphatic carbocycles. The Bertz CT molecular complexity index is 761. The van der Waals surface area contributed by atoms with Gasteiger partial charge in [0.15, 0.2) is 0 Å². The molecule has 0 saturated carbocycles. The van der Waals surface area contributed by atoms with Crippen molar-refractivity contribution in [3.05, 3.63) is 98.8 Å². The number of hydrogen-bond donors (Lipinski definition) is 0. The summed E-state index contributed by atoms with van der Waals surface area (Å²) in [5, 5.41) is 5.45. The zero-order chi connectivity index (χ0) is 13.9. The molecule has 0 radical (unpaired) electrons. The molecule has 0 heterocycles. The molecule has 0 atom stereocenters. The van der Waals surface area contributed by atoms with E-state index in [9.17, 15) is 0 Å². The molecule has 0 aliphatic heterocycles. The smallest absolute Gasteiger partial charge is 0.358 e. The van der Waals surface area contributed by atoms with Gasteiger partial charge in [-0.1, -0.05) is 26.0 Å². The number of benzene rings is 2. The molecule has 0 spiro atoms. The van der Waals surface area contributed by atoms with Crippen molar-refractivity contribution < 1.29 is 26.2 Å². The number of hydrogen-bond acceptors (Lipinski definition) is 0. The molecule has 0 unspecified atom stereocenters. The van der Waals surface area contributed by atoms with Gasteiger partial charge in [0.25, 0.3) is 0 Å². The first-order chi connectivity index (χ1) is 9.75. The third kappa shape index (κ3) is 4.75. The van der Waals surface area contributed by atoms with Crippen molar-refractivity contribution in [1.82, 2.24) is 0 Å². The number of fused-ring (bicyclic) bond motifs is 2. The summed E-state index contributed by atoms with van der Waals surface area (Å²) < 4.78 is 0. The first-order valence-electron chi connectivity index (χ1n) is 6.98. The Hall–Kier alpha value is -1.46. The van der Waals surface area contributed by atoms with Crippen LogP contribution in [0.4, 0.5) is 0 Å². The second-order valence-corrected chi connectivity index (χ2v) is 5.21. The van der Waals surface area contributed by atoms with E-state index in [2.05, 4.69) is 86.6 Å². The maximum absolute atomic E-state index is 2.16. The predicted octanol–water partition coefficient (Wildman–Crippen LogP) is 6.63. The topological polar surface area (TPSA) is 0 Å². The second-order valence-electron chi connectivity index (χ2n) is 5.21. The number of aryl methyl sites for hydroxylation is 2. The molecule has 0 saturated heterocycles. The summed E-state index contributed by atoms with van der Waals surface area (Å²) in [6.07, 6.45) is 0. The van der Waals surface area contributed by atoms with Crippen LogP contribution in [0.1, 0.15) is 11.1 Å². The predicted molar refractivity (Wildman–Crippen MR) is 101 cm³/mol. The Morgan fingerprint density at radius 3 is 1.26 bits per heavy atom. The fourth-order valence-corrected chi connectivity index (χ4v) is 2.61. The standard InChI is InChI=1S/2C10H9.2CH3.Zr/c2*1-8-6-7-9-4-2-3-5-10(8)9;;;/h2*2-7H,1H3;2*1H3;/q4*-1;+4. The average Bonchev–Trinajstić information content (AvgIpc) is 3.05. The van der Waals surface area contributed by atoms with Crippen LogP contribution in [0.25, 0.3) is 21.5 Å². The van der Waals surface area contributed by atoms with Crippen molar-refractivity contribution in [2.75, 3.05) is 0 Å². The van der Waals surface area contributed by atoms with Gasteiger partial charge in [0.2, 0.25) is 0 Å². The van der Waals surface area contributed by atoms with Crippen molar-refractivity contribution in [2.45, 2.75) is 13.8 Å². The third-order valence-corrected chi connectivity index (χ3v) is 3.80. The van der Waals surface area contributed by atoms with Crippen molar-refractivity contribution in [3.63, 3.8) is 0 Å². The van der Waals surface area contributed by atoms with Crippen molar-refractivity contribution >= 4 is 21.5 Å². The van der Waals surface area contributed by atoms with Gasteiger partial charge in [-0.25, -0.2) is 0 Å². The van der Waals surface area contributed by atoms with Crippen LogP contribution >= 0.6 is 0 Å². The summed E-state index contributed by atoms with van der Waals surface area (Å²) in [7, 11) is 0. The van der Waals surface area contributed by atoms with Gasteiger partial charge in [-0.05, 0) is 0 Å². The quantitative estimate of drug-likeness (QED) is 0.301. The van der Waals surface area contributed by atoms with Crippen LogP contribution in [0.15, 0.2) is 72.8 Å². The van der Waals surface area contributed by atoms with Crippen LogP contribution in [0.3, 0.4) is 0 Å². The average molecular weight is 380 g/mol. The van der Waals surface area contributed by atoms with E-state index in [1.54, 1.807) is 0 Å². The molecule has 4 aromatic carbocycles. The normalized spacial score (nSPS) is 9.13. The van der Waals surface area contributed by atoms with Crippen LogP contribution in [-0.2, 0) is 26.2 Å². The largest absolute Gasteiger partial charge is 4.00 e. The van der Waals surface area contributed by atoms with E-state index in [1.807, 2.05) is 0 Å². The first kappa shape index (κ1) is 21.5. The van der Waals surface area contributed by atoms with Crippen LogP contribution in [-0.4, -0.2) is 0 Å². The summed E-state index contributed by atoms with van der Waals surface area (Å²) in [6.45, 7) is 4.28. The molecule has 4 aromatic rings. The monoisotopic (exact) mass is 378 g/mol. The molecule has 0 bridgehead atoms. The summed E-state index contributed by atoms with van der Waals surface area (Å²) in [6, 6.07) is 25.5. The Kier molecular flexibility index (Phi) is 9.02. The summed E-state index contributed by atoms with van der Waals surface area (Å²) >= 11 is 0. The summed E-state index contributed by atoms with van der Waals surface area (Å²) in [4.78, 5) is 0. The molecule has 4 rings (SSSR count). The minimum Gasteiger partial charge on any atom is -0.358 e. The molecule has 0 fully saturated rings. The van der Waals surface area contributed by atoms with Crippen molar-refractivity contribution in [2.24, 2.45) is 0 Å². The fraction of sp³-hybridized carbons (Fsp3) is 0.0909. The van der Waals surface area contributed by atoms with E-state index in [4.69, 9.17) is 0 Å². The van der Waals surface area contributed by atoms with Crippen molar-refractivity contribution in [1.29, 1.82) is 0 Å². The maximum atomic E-state index is 2.16. The summed E-state index contributed by atoms with van der Waals surface area (Å²) in [5.74, 6) is 0. The number of rotatable bonds is 0. The Balaban J connectivity index is 0.000000372. The third-order valence-electron chi connectivity index (χ3n) is 3.80. The second kappa shape index (κ2) is 9.63. The molecular formula is C22H24Zr. The van der Waals surface area contributed by atoms with E-state index in [0.717, 1.165) is 0 Å². The van der Waals surface area contributed by atoms with Gasteiger partial charge in [0.05, 0.1) is 0 Å². The molecule has 23 heavy (non-hydrogen) atoms. The zero-order valence-electron chi connectivity index (χ0n) is 14.4. The van der Waals surface area contributed by atoms with Gasteiger partial charge < -0.3 is 14.9 Å². The van der Waals surface area contributed by atoms with Gasteiger partial charge in [-0.15, -0.1) is 69.1 Å². The van der Waals surface area contributed by atoms with Crippen LogP contribution in [0, 0.1) is 28.7 Å². The minimum absolute atomic E-state index is 0. The van der Waals surface area contributed by atoms with E-state index >= 15 is 0 Å². The molecule has 116 valence electrons. The molecule has 0 nitrogen and oxygen atoms in total. The first-order valence-corrected chi connectivity index (χ1v) is 6.98. The SMILES string of the molecule is C[c-]1ccc2ccccc21.C[c-]1ccc2ccccc21.[CH3-].[CH3-].[Zr+4]. The van der Waals surface area contributed by atoms with E-state index < -0.39 is 0 Å². The van der Waals surface area contributed by atoms with E-state index in [1.165, 1.54) is 32.7 Å². The van der Waals surface area contributed by atoms with E-state index in [-0.39, 0.29) is 41.1 Å². The van der Waals surface area contributed by atoms with Gasteiger partial charge in [0, 0.05) is 0 Å². The van der Waals surface area contributed by atoms with Gasteiger partial charge in [0.1, 0.15) is 0 Å². The molecule has 0 N–H and O–H groups in total. The van der Waals surface area contributed by atoms with Crippen LogP contribution in [0.2, 0.25) is 0 Å². The Morgan fingerprint density at radius 1 is 0.565 bits per heavy atom. The van der Waals surface area contributed by atoms with Gasteiger partial charge >= 0.3 is 26.2 Å². The molecule has 1 heteroatoms. The maximum Gasteiger partial charge on any atom is 4.00 e. The Morgan fingerprint density at radius 2 is 0.913 bits per heavy atom. The van der Waals surface area contributed by atoms with Crippen LogP contribution in [0.5, 0.6) is 0 Å². The van der Waals surface area contributed by atoms with Gasteiger partial charge in [-0.2, -0.15) is 24.3 Å². The summed E-state index contributed by atoms with van der Waals surface area (Å²) in [5.41, 5.74) is 2.74. The Labute approximate surface area is 160 Å². The molecule has 0 amide bonds.